The number of hydrogen-bond acceptors (Lipinski definition) is 4. The molecule has 0 atom stereocenters. The lowest BCUT2D eigenvalue weighted by molar-refractivity contribution is -0.274. The van der Waals surface area contributed by atoms with Gasteiger partial charge in [-0.3, -0.25) is 0 Å². The normalized spacial score (nSPS) is 18.5. The van der Waals surface area contributed by atoms with Gasteiger partial charge in [0.05, 0.1) is 16.9 Å². The third-order valence-electron chi connectivity index (χ3n) is 4.34. The van der Waals surface area contributed by atoms with Gasteiger partial charge in [-0.1, -0.05) is 6.07 Å². The summed E-state index contributed by atoms with van der Waals surface area (Å²) in [6.45, 7) is 9.37. The highest BCUT2D eigenvalue weighted by Gasteiger charge is 2.52. The molecular weight excluding hydrogens is 352 g/mol. The molecule has 0 aliphatic carbocycles. The molecule has 10 heteroatoms. The molecule has 6 nitrogen and oxygen atoms in total. The fourth-order valence-corrected chi connectivity index (χ4v) is 2.30. The third kappa shape index (κ3) is 4.61. The summed E-state index contributed by atoms with van der Waals surface area (Å²) in [5.74, 6) is -0.545. The minimum absolute atomic E-state index is 0.117. The molecule has 0 radical (unpaired) electrons. The highest BCUT2D eigenvalue weighted by atomic mass is 19.4. The lowest BCUT2D eigenvalue weighted by atomic mass is 9.79. The number of alkyl halides is 3. The molecule has 0 bridgehead atoms. The number of nitrogens with one attached hydrogen (secondary N) is 2. The molecule has 2 amide bonds. The molecule has 2 N–H and O–H groups in total. The van der Waals surface area contributed by atoms with Gasteiger partial charge in [-0.25, -0.2) is 4.79 Å². The zero-order chi connectivity index (χ0) is 19.8. The number of carbonyl (C=O) groups is 1. The van der Waals surface area contributed by atoms with Crippen LogP contribution in [-0.2, 0) is 9.31 Å². The topological polar surface area (TPSA) is 68.8 Å². The van der Waals surface area contributed by atoms with Crippen molar-refractivity contribution in [3.63, 3.8) is 0 Å². The van der Waals surface area contributed by atoms with E-state index in [1.54, 1.807) is 6.92 Å². The molecule has 1 aliphatic heterocycles. The Morgan fingerprint density at radius 1 is 1.19 bits per heavy atom. The van der Waals surface area contributed by atoms with Gasteiger partial charge in [0, 0.05) is 6.54 Å². The fourth-order valence-electron chi connectivity index (χ4n) is 2.30. The molecule has 1 aliphatic rings. The maximum Gasteiger partial charge on any atom is 0.573 e. The van der Waals surface area contributed by atoms with Crippen molar-refractivity contribution in [3.8, 4) is 5.75 Å². The minimum atomic E-state index is -4.91. The van der Waals surface area contributed by atoms with Crippen LogP contribution in [0.15, 0.2) is 18.2 Å². The molecule has 1 aromatic carbocycles. The van der Waals surface area contributed by atoms with Crippen LogP contribution in [0.1, 0.15) is 34.6 Å². The average Bonchev–Trinajstić information content (AvgIpc) is 2.68. The van der Waals surface area contributed by atoms with E-state index in [9.17, 15) is 18.0 Å². The second kappa shape index (κ2) is 7.00. The van der Waals surface area contributed by atoms with E-state index in [0.29, 0.717) is 12.0 Å². The van der Waals surface area contributed by atoms with E-state index in [2.05, 4.69) is 15.4 Å². The Kier molecular flexibility index (Phi) is 5.48. The average molecular weight is 374 g/mol. The van der Waals surface area contributed by atoms with Crippen molar-refractivity contribution in [1.29, 1.82) is 0 Å². The Labute approximate surface area is 150 Å². The van der Waals surface area contributed by atoms with Gasteiger partial charge < -0.3 is 24.7 Å². The maximum absolute atomic E-state index is 12.7. The number of urea groups is 1. The summed E-state index contributed by atoms with van der Waals surface area (Å²) >= 11 is 0. The number of carbonyl (C=O) groups excluding carboxylic acids is 1. The summed E-state index contributed by atoms with van der Waals surface area (Å²) in [6, 6.07) is 3.35. The number of benzene rings is 1. The summed E-state index contributed by atoms with van der Waals surface area (Å²) < 4.78 is 54.0. The van der Waals surface area contributed by atoms with Gasteiger partial charge >= 0.3 is 19.5 Å². The first-order valence-electron chi connectivity index (χ1n) is 8.15. The van der Waals surface area contributed by atoms with E-state index >= 15 is 0 Å². The Morgan fingerprint density at radius 2 is 1.77 bits per heavy atom. The smallest absolute Gasteiger partial charge is 0.404 e. The first-order valence-corrected chi connectivity index (χ1v) is 8.15. The van der Waals surface area contributed by atoms with E-state index in [4.69, 9.17) is 9.31 Å². The predicted octanol–water partition coefficient (Wildman–Crippen LogP) is 3.03. The lowest BCUT2D eigenvalue weighted by Gasteiger charge is -2.32. The van der Waals surface area contributed by atoms with Gasteiger partial charge in [-0.2, -0.15) is 0 Å². The molecule has 26 heavy (non-hydrogen) atoms. The van der Waals surface area contributed by atoms with Crippen molar-refractivity contribution < 1.29 is 32.0 Å². The van der Waals surface area contributed by atoms with Crippen LogP contribution >= 0.6 is 0 Å². The van der Waals surface area contributed by atoms with E-state index in [0.717, 1.165) is 6.07 Å². The SMILES string of the molecule is CCNC(=O)Nc1ccc(B2OC(C)(C)C(C)(C)O2)cc1OC(F)(F)F. The van der Waals surface area contributed by atoms with Crippen molar-refractivity contribution in [3.05, 3.63) is 18.2 Å². The first kappa shape index (κ1) is 20.4. The zero-order valence-electron chi connectivity index (χ0n) is 15.3. The van der Waals surface area contributed by atoms with Crippen LogP contribution in [0.4, 0.5) is 23.7 Å². The molecule has 1 heterocycles. The molecule has 144 valence electrons. The van der Waals surface area contributed by atoms with Crippen LogP contribution in [0.3, 0.4) is 0 Å². The second-order valence-electron chi connectivity index (χ2n) is 6.88. The van der Waals surface area contributed by atoms with Crippen molar-refractivity contribution in [2.75, 3.05) is 11.9 Å². The lowest BCUT2D eigenvalue weighted by Crippen LogP contribution is -2.41. The van der Waals surface area contributed by atoms with Crippen molar-refractivity contribution in [2.24, 2.45) is 0 Å². The van der Waals surface area contributed by atoms with Crippen LogP contribution in [0.2, 0.25) is 0 Å². The summed E-state index contributed by atoms with van der Waals surface area (Å²) in [4.78, 5) is 11.6. The molecule has 1 aromatic rings. The predicted molar refractivity (Wildman–Crippen MR) is 91.5 cm³/mol. The highest BCUT2D eigenvalue weighted by Crippen LogP contribution is 2.37. The van der Waals surface area contributed by atoms with Crippen LogP contribution in [0, 0.1) is 0 Å². The molecule has 0 saturated carbocycles. The van der Waals surface area contributed by atoms with Crippen molar-refractivity contribution in [2.45, 2.75) is 52.2 Å². The second-order valence-corrected chi connectivity index (χ2v) is 6.88. The van der Waals surface area contributed by atoms with Gasteiger partial charge in [0.25, 0.3) is 0 Å². The van der Waals surface area contributed by atoms with Crippen LogP contribution < -0.4 is 20.8 Å². The first-order chi connectivity index (χ1) is 11.8. The highest BCUT2D eigenvalue weighted by molar-refractivity contribution is 6.62. The Bertz CT molecular complexity index is 664. The fraction of sp³-hybridized carbons (Fsp3) is 0.562. The van der Waals surface area contributed by atoms with Crippen LogP contribution in [0.25, 0.3) is 0 Å². The Balaban J connectivity index is 2.33. The molecule has 2 rings (SSSR count). The largest absolute Gasteiger partial charge is 0.573 e. The number of anilines is 1. The van der Waals surface area contributed by atoms with Gasteiger partial charge in [0.2, 0.25) is 0 Å². The van der Waals surface area contributed by atoms with Crippen LogP contribution in [0.5, 0.6) is 5.75 Å². The molecule has 1 saturated heterocycles. The van der Waals surface area contributed by atoms with E-state index < -0.39 is 36.5 Å². The number of amides is 2. The van der Waals surface area contributed by atoms with E-state index in [1.807, 2.05) is 27.7 Å². The maximum atomic E-state index is 12.7. The van der Waals surface area contributed by atoms with Crippen LogP contribution in [-0.4, -0.2) is 37.3 Å². The quantitative estimate of drug-likeness (QED) is 0.796. The number of rotatable bonds is 4. The summed E-state index contributed by atoms with van der Waals surface area (Å²) in [5, 5.41) is 4.77. The Morgan fingerprint density at radius 3 is 2.27 bits per heavy atom. The van der Waals surface area contributed by atoms with E-state index in [-0.39, 0.29) is 5.69 Å². The van der Waals surface area contributed by atoms with Gasteiger partial charge in [-0.05, 0) is 52.2 Å². The Hall–Kier alpha value is -1.94. The summed E-state index contributed by atoms with van der Waals surface area (Å²) in [5.41, 5.74) is -1.04. The standard InChI is InChI=1S/C16H22BF3N2O4/c1-6-21-13(23)22-11-8-7-10(9-12(11)24-16(18,19)20)17-25-14(2,3)15(4,5)26-17/h7-9H,6H2,1-5H3,(H2,21,22,23). The molecule has 0 unspecified atom stereocenters. The molecule has 1 fully saturated rings. The van der Waals surface area contributed by atoms with Crippen molar-refractivity contribution >= 4 is 24.3 Å². The summed E-state index contributed by atoms with van der Waals surface area (Å²) in [6.07, 6.45) is -4.91. The number of ether oxygens (including phenoxy) is 1. The van der Waals surface area contributed by atoms with Gasteiger partial charge in [0.15, 0.2) is 5.75 Å². The van der Waals surface area contributed by atoms with Gasteiger partial charge in [0.1, 0.15) is 0 Å². The zero-order valence-corrected chi connectivity index (χ0v) is 15.3. The summed E-state index contributed by atoms with van der Waals surface area (Å²) in [7, 11) is -0.853. The number of halogens is 3. The monoisotopic (exact) mass is 374 g/mol. The molecule has 0 aromatic heterocycles. The third-order valence-corrected chi connectivity index (χ3v) is 4.34. The van der Waals surface area contributed by atoms with Crippen molar-refractivity contribution in [1.82, 2.24) is 5.32 Å². The van der Waals surface area contributed by atoms with E-state index in [1.165, 1.54) is 12.1 Å². The number of hydrogen-bond donors (Lipinski definition) is 2. The van der Waals surface area contributed by atoms with Gasteiger partial charge in [-0.15, -0.1) is 13.2 Å². The molecule has 0 spiro atoms. The minimum Gasteiger partial charge on any atom is -0.404 e. The molecular formula is C16H22BF3N2O4.